The minimum absolute atomic E-state index is 0. The molecule has 0 aliphatic rings. The monoisotopic (exact) mass is 607 g/mol. The van der Waals surface area contributed by atoms with Gasteiger partial charge in [0, 0.05) is 51.1 Å². The van der Waals surface area contributed by atoms with Crippen molar-refractivity contribution in [1.29, 1.82) is 0 Å². The number of Topliss-reactive ketones (excluding diaryl/α,β-unsaturated/α-hetero) is 6. The van der Waals surface area contributed by atoms with Gasteiger partial charge in [-0.05, 0) is 19.3 Å². The predicted octanol–water partition coefficient (Wildman–Crippen LogP) is 7.82. The van der Waals surface area contributed by atoms with Gasteiger partial charge in [0.05, 0.1) is 0 Å². The van der Waals surface area contributed by atoms with Crippen LogP contribution in [0.3, 0.4) is 0 Å². The minimum Gasteiger partial charge on any atom is -0.291 e. The Labute approximate surface area is 256 Å². The van der Waals surface area contributed by atoms with Crippen LogP contribution in [-0.4, -0.2) is 34.7 Å². The van der Waals surface area contributed by atoms with Gasteiger partial charge < -0.3 is 0 Å². The van der Waals surface area contributed by atoms with E-state index in [9.17, 15) is 28.8 Å². The summed E-state index contributed by atoms with van der Waals surface area (Å²) < 4.78 is 0. The number of rotatable bonds is 12. The van der Waals surface area contributed by atoms with Crippen molar-refractivity contribution < 1.29 is 45.8 Å². The Balaban J connectivity index is -0.000000240. The van der Waals surface area contributed by atoms with Crippen LogP contribution in [0.2, 0.25) is 0 Å². The third-order valence-electron chi connectivity index (χ3n) is 6.22. The summed E-state index contributed by atoms with van der Waals surface area (Å²) in [5.41, 5.74) is -1.59. The summed E-state index contributed by atoms with van der Waals surface area (Å²) in [5, 5.41) is 0. The van der Waals surface area contributed by atoms with Crippen LogP contribution in [0.1, 0.15) is 142 Å². The van der Waals surface area contributed by atoms with E-state index in [4.69, 9.17) is 0 Å². The summed E-state index contributed by atoms with van der Waals surface area (Å²) >= 11 is 0. The third kappa shape index (κ3) is 18.8. The molecule has 0 amide bonds. The fourth-order valence-electron chi connectivity index (χ4n) is 3.47. The maximum atomic E-state index is 11.5. The Kier molecular flexibility index (Phi) is 23.2. The van der Waals surface area contributed by atoms with Crippen molar-refractivity contribution >= 4 is 34.7 Å². The quantitative estimate of drug-likeness (QED) is 0.166. The largest absolute Gasteiger partial charge is 0.291 e. The van der Waals surface area contributed by atoms with E-state index in [0.29, 0.717) is 0 Å². The Morgan fingerprint density at radius 2 is 0.575 bits per heavy atom. The molecule has 1 radical (unpaired) electrons. The molecule has 6 nitrogen and oxygen atoms in total. The summed E-state index contributed by atoms with van der Waals surface area (Å²) in [6.07, 6.45) is 5.26. The van der Waals surface area contributed by atoms with Crippen molar-refractivity contribution in [2.75, 3.05) is 0 Å². The number of hydrogen-bond donors (Lipinski definition) is 0. The molecule has 0 aromatic heterocycles. The topological polar surface area (TPSA) is 102 Å². The average molecular weight is 608 g/mol. The van der Waals surface area contributed by atoms with Crippen LogP contribution in [0.25, 0.3) is 0 Å². The van der Waals surface area contributed by atoms with Gasteiger partial charge in [-0.3, -0.25) is 28.8 Å². The molecule has 0 aliphatic carbocycles. The molecule has 0 aliphatic heterocycles. The van der Waals surface area contributed by atoms with Crippen molar-refractivity contribution in [2.45, 2.75) is 142 Å². The summed E-state index contributed by atoms with van der Waals surface area (Å²) in [7, 11) is 0. The van der Waals surface area contributed by atoms with Crippen molar-refractivity contribution in [3.63, 3.8) is 0 Å². The van der Waals surface area contributed by atoms with Crippen molar-refractivity contribution in [3.8, 4) is 0 Å². The van der Waals surface area contributed by atoms with Crippen LogP contribution in [0.5, 0.6) is 0 Å². The zero-order chi connectivity index (χ0) is 31.9. The van der Waals surface area contributed by atoms with E-state index in [2.05, 4.69) is 0 Å². The maximum absolute atomic E-state index is 11.5. The Morgan fingerprint density at radius 3 is 0.675 bits per heavy atom. The zero-order valence-electron chi connectivity index (χ0n) is 28.3. The second-order valence-corrected chi connectivity index (χ2v) is 13.9. The molecule has 0 heterocycles. The molecular formula is C33H60MnO6. The molecule has 0 saturated carbocycles. The van der Waals surface area contributed by atoms with E-state index < -0.39 is 16.2 Å². The first-order chi connectivity index (χ1) is 17.4. The van der Waals surface area contributed by atoms with E-state index in [1.165, 1.54) is 0 Å². The maximum Gasteiger partial charge on any atom is 0.203 e. The predicted molar refractivity (Wildman–Crippen MR) is 161 cm³/mol. The first-order valence-electron chi connectivity index (χ1n) is 14.7. The van der Waals surface area contributed by atoms with E-state index in [0.717, 1.165) is 38.5 Å². The van der Waals surface area contributed by atoms with Crippen LogP contribution in [0.15, 0.2) is 0 Å². The molecule has 0 fully saturated rings. The number of ketones is 6. The van der Waals surface area contributed by atoms with Gasteiger partial charge in [-0.2, -0.15) is 0 Å². The van der Waals surface area contributed by atoms with Gasteiger partial charge in [-0.1, -0.05) is 123 Å². The fourth-order valence-corrected chi connectivity index (χ4v) is 3.47. The molecule has 0 bridgehead atoms. The molecule has 0 N–H and O–H groups in total. The zero-order valence-corrected chi connectivity index (χ0v) is 29.5. The Hall–Kier alpha value is -1.46. The summed E-state index contributed by atoms with van der Waals surface area (Å²) in [6, 6.07) is 0. The Morgan fingerprint density at radius 1 is 0.425 bits per heavy atom. The Bertz CT molecular complexity index is 712. The number of carbonyl (C=O) groups excluding carboxylic acids is 6. The fraction of sp³-hybridized carbons (Fsp3) is 0.818. The van der Waals surface area contributed by atoms with Crippen LogP contribution in [0, 0.1) is 34.0 Å². The standard InChI is InChI=1S/3C11H20O2.Mn/c3*1-6-7-8(2)9(12)10(13)11(3,4)5;/h3*8H,6-7H2,1-5H3;. The first-order valence-corrected chi connectivity index (χ1v) is 14.7. The van der Waals surface area contributed by atoms with Crippen molar-refractivity contribution in [1.82, 2.24) is 0 Å². The minimum atomic E-state index is -0.529. The summed E-state index contributed by atoms with van der Waals surface area (Å²) in [4.78, 5) is 69.2. The van der Waals surface area contributed by atoms with E-state index in [1.54, 1.807) is 62.3 Å². The van der Waals surface area contributed by atoms with Crippen molar-refractivity contribution in [3.05, 3.63) is 0 Å². The van der Waals surface area contributed by atoms with E-state index in [-0.39, 0.29) is 69.5 Å². The van der Waals surface area contributed by atoms with Gasteiger partial charge >= 0.3 is 0 Å². The van der Waals surface area contributed by atoms with Crippen molar-refractivity contribution in [2.24, 2.45) is 34.0 Å². The normalized spacial score (nSPS) is 13.6. The average Bonchev–Trinajstić information content (AvgIpc) is 2.80. The van der Waals surface area contributed by atoms with Gasteiger partial charge in [0.15, 0.2) is 0 Å². The van der Waals surface area contributed by atoms with E-state index in [1.807, 2.05) is 41.5 Å². The van der Waals surface area contributed by atoms with Crippen LogP contribution in [-0.2, 0) is 45.8 Å². The third-order valence-corrected chi connectivity index (χ3v) is 6.22. The number of carbonyl (C=O) groups is 6. The molecule has 0 aromatic rings. The molecule has 3 atom stereocenters. The van der Waals surface area contributed by atoms with Crippen LogP contribution >= 0.6 is 0 Å². The van der Waals surface area contributed by atoms with Gasteiger partial charge in [0.25, 0.3) is 0 Å². The summed E-state index contributed by atoms with van der Waals surface area (Å²) in [5.74, 6) is -1.71. The molecule has 0 aromatic carbocycles. The van der Waals surface area contributed by atoms with Crippen LogP contribution < -0.4 is 0 Å². The number of hydrogen-bond acceptors (Lipinski definition) is 6. The van der Waals surface area contributed by atoms with Gasteiger partial charge in [0.2, 0.25) is 34.7 Å². The van der Waals surface area contributed by atoms with Gasteiger partial charge in [-0.25, -0.2) is 0 Å². The summed E-state index contributed by atoms with van der Waals surface area (Å²) in [6.45, 7) is 27.6. The van der Waals surface area contributed by atoms with Gasteiger partial charge in [-0.15, -0.1) is 0 Å². The molecule has 0 spiro atoms. The SMILES string of the molecule is CCCC(C)C(=O)C(=O)C(C)(C)C.CCCC(C)C(=O)C(=O)C(C)(C)C.CCCC(C)C(=O)C(=O)C(C)(C)C.[Mn]. The molecular weight excluding hydrogens is 547 g/mol. The molecule has 3 unspecified atom stereocenters. The molecule has 235 valence electrons. The second-order valence-electron chi connectivity index (χ2n) is 13.9. The molecule has 40 heavy (non-hydrogen) atoms. The van der Waals surface area contributed by atoms with E-state index >= 15 is 0 Å². The first kappa shape index (κ1) is 45.5. The van der Waals surface area contributed by atoms with Gasteiger partial charge in [0.1, 0.15) is 0 Å². The second kappa shape index (κ2) is 20.4. The smallest absolute Gasteiger partial charge is 0.203 e. The molecule has 0 saturated heterocycles. The molecule has 7 heteroatoms. The van der Waals surface area contributed by atoms with Crippen LogP contribution in [0.4, 0.5) is 0 Å². The molecule has 0 rings (SSSR count).